The van der Waals surface area contributed by atoms with E-state index in [0.717, 1.165) is 22.0 Å². The zero-order chi connectivity index (χ0) is 14.3. The minimum absolute atomic E-state index is 0.400. The Hall–Kier alpha value is -1.85. The van der Waals surface area contributed by atoms with Crippen LogP contribution in [0.5, 0.6) is 11.6 Å². The van der Waals surface area contributed by atoms with Crippen LogP contribution in [0.4, 0.5) is 0 Å². The molecule has 0 aliphatic rings. The number of ether oxygens (including phenoxy) is 1. The Kier molecular flexibility index (Phi) is 3.23. The van der Waals surface area contributed by atoms with Crippen LogP contribution in [0.1, 0.15) is 22.4 Å². The van der Waals surface area contributed by atoms with Crippen molar-refractivity contribution < 1.29 is 4.74 Å². The summed E-state index contributed by atoms with van der Waals surface area (Å²) in [5, 5.41) is 1.99. The summed E-state index contributed by atoms with van der Waals surface area (Å²) in [5.41, 5.74) is 10.3. The number of hydrogen-bond acceptors (Lipinski definition) is 4. The second-order valence-electron chi connectivity index (χ2n) is 4.93. The fraction of sp³-hybridized carbons (Fsp3) is 0.267. The molecular formula is C15H17N3OS. The summed E-state index contributed by atoms with van der Waals surface area (Å²) in [6, 6.07) is 4.19. The van der Waals surface area contributed by atoms with E-state index in [1.807, 2.05) is 22.0 Å². The number of imidazole rings is 1. The summed E-state index contributed by atoms with van der Waals surface area (Å²) >= 11 is 1.58. The molecule has 0 spiro atoms. The van der Waals surface area contributed by atoms with Crippen LogP contribution in [0.25, 0.3) is 4.96 Å². The van der Waals surface area contributed by atoms with Crippen LogP contribution in [0.2, 0.25) is 0 Å². The molecule has 20 heavy (non-hydrogen) atoms. The molecule has 3 rings (SSSR count). The fourth-order valence-electron chi connectivity index (χ4n) is 2.29. The molecule has 1 aromatic carbocycles. The van der Waals surface area contributed by atoms with Crippen molar-refractivity contribution in [2.75, 3.05) is 0 Å². The van der Waals surface area contributed by atoms with Gasteiger partial charge in [0, 0.05) is 18.1 Å². The highest BCUT2D eigenvalue weighted by Gasteiger charge is 2.15. The highest BCUT2D eigenvalue weighted by molar-refractivity contribution is 7.15. The van der Waals surface area contributed by atoms with E-state index < -0.39 is 0 Å². The molecule has 2 heterocycles. The first-order valence-corrected chi connectivity index (χ1v) is 7.38. The lowest BCUT2D eigenvalue weighted by molar-refractivity contribution is 0.455. The molecular weight excluding hydrogens is 270 g/mol. The highest BCUT2D eigenvalue weighted by atomic mass is 32.1. The van der Waals surface area contributed by atoms with Crippen molar-refractivity contribution >= 4 is 16.3 Å². The number of fused-ring (bicyclic) bond motifs is 1. The highest BCUT2D eigenvalue weighted by Crippen LogP contribution is 2.31. The second-order valence-corrected chi connectivity index (χ2v) is 5.80. The maximum atomic E-state index is 6.03. The van der Waals surface area contributed by atoms with Crippen molar-refractivity contribution in [3.8, 4) is 11.6 Å². The van der Waals surface area contributed by atoms with Gasteiger partial charge in [0.05, 0.1) is 0 Å². The van der Waals surface area contributed by atoms with Crippen molar-refractivity contribution in [3.05, 3.63) is 46.1 Å². The van der Waals surface area contributed by atoms with Crippen molar-refractivity contribution in [1.29, 1.82) is 0 Å². The van der Waals surface area contributed by atoms with Gasteiger partial charge < -0.3 is 10.5 Å². The molecule has 0 unspecified atom stereocenters. The average Bonchev–Trinajstić information content (AvgIpc) is 2.95. The van der Waals surface area contributed by atoms with Gasteiger partial charge in [0.15, 0.2) is 4.96 Å². The largest absolute Gasteiger partial charge is 0.437 e. The molecule has 5 heteroatoms. The maximum Gasteiger partial charge on any atom is 0.243 e. The lowest BCUT2D eigenvalue weighted by Gasteiger charge is -2.11. The molecule has 0 fully saturated rings. The molecule has 0 radical (unpaired) electrons. The van der Waals surface area contributed by atoms with Gasteiger partial charge in [-0.3, -0.25) is 4.40 Å². The smallest absolute Gasteiger partial charge is 0.243 e. The molecule has 0 aliphatic carbocycles. The number of nitrogens with two attached hydrogens (primary N) is 1. The molecule has 2 N–H and O–H groups in total. The van der Waals surface area contributed by atoms with E-state index in [0.29, 0.717) is 12.4 Å². The van der Waals surface area contributed by atoms with E-state index >= 15 is 0 Å². The van der Waals surface area contributed by atoms with Crippen molar-refractivity contribution in [2.45, 2.75) is 27.3 Å². The summed E-state index contributed by atoms with van der Waals surface area (Å²) in [6.45, 7) is 6.61. The van der Waals surface area contributed by atoms with Crippen LogP contribution < -0.4 is 10.5 Å². The van der Waals surface area contributed by atoms with E-state index in [-0.39, 0.29) is 0 Å². The molecule has 4 nitrogen and oxygen atoms in total. The van der Waals surface area contributed by atoms with Gasteiger partial charge >= 0.3 is 0 Å². The topological polar surface area (TPSA) is 52.5 Å². The Morgan fingerprint density at radius 2 is 2.10 bits per heavy atom. The third kappa shape index (κ3) is 2.09. The van der Waals surface area contributed by atoms with Gasteiger partial charge in [-0.25, -0.2) is 0 Å². The van der Waals surface area contributed by atoms with E-state index in [1.165, 1.54) is 11.1 Å². The monoisotopic (exact) mass is 287 g/mol. The molecule has 0 bridgehead atoms. The molecule has 0 amide bonds. The van der Waals surface area contributed by atoms with E-state index in [1.54, 1.807) is 11.3 Å². The maximum absolute atomic E-state index is 6.03. The van der Waals surface area contributed by atoms with Gasteiger partial charge in [0.2, 0.25) is 5.88 Å². The van der Waals surface area contributed by atoms with Crippen molar-refractivity contribution in [3.63, 3.8) is 0 Å². The summed E-state index contributed by atoms with van der Waals surface area (Å²) in [4.78, 5) is 5.42. The fourth-order valence-corrected chi connectivity index (χ4v) is 3.02. The third-order valence-corrected chi connectivity index (χ3v) is 4.24. The predicted octanol–water partition coefficient (Wildman–Crippen LogP) is 3.57. The number of benzene rings is 1. The van der Waals surface area contributed by atoms with Crippen molar-refractivity contribution in [2.24, 2.45) is 5.73 Å². The van der Waals surface area contributed by atoms with Crippen LogP contribution in [0, 0.1) is 20.8 Å². The molecule has 2 aromatic heterocycles. The summed E-state index contributed by atoms with van der Waals surface area (Å²) in [5.74, 6) is 1.45. The van der Waals surface area contributed by atoms with Crippen molar-refractivity contribution in [1.82, 2.24) is 9.38 Å². The summed E-state index contributed by atoms with van der Waals surface area (Å²) in [7, 11) is 0. The number of aromatic nitrogens is 2. The summed E-state index contributed by atoms with van der Waals surface area (Å²) in [6.07, 6.45) is 1.97. The molecule has 3 aromatic rings. The Morgan fingerprint density at radius 1 is 1.30 bits per heavy atom. The lowest BCUT2D eigenvalue weighted by atomic mass is 10.1. The quantitative estimate of drug-likeness (QED) is 0.801. The molecule has 0 saturated carbocycles. The summed E-state index contributed by atoms with van der Waals surface area (Å²) < 4.78 is 8.01. The zero-order valence-corrected chi connectivity index (χ0v) is 12.6. The normalized spacial score (nSPS) is 11.2. The number of hydrogen-bond donors (Lipinski definition) is 1. The first kappa shape index (κ1) is 13.1. The molecule has 0 aliphatic heterocycles. The first-order chi connectivity index (χ1) is 9.60. The van der Waals surface area contributed by atoms with Crippen LogP contribution in [-0.4, -0.2) is 9.38 Å². The number of nitrogens with zero attached hydrogens (tertiary/aromatic N) is 2. The van der Waals surface area contributed by atoms with E-state index in [2.05, 4.69) is 31.8 Å². The van der Waals surface area contributed by atoms with Crippen LogP contribution >= 0.6 is 11.3 Å². The van der Waals surface area contributed by atoms with Gasteiger partial charge in [0.25, 0.3) is 0 Å². The number of aryl methyl sites for hydroxylation is 2. The Labute approximate surface area is 121 Å². The van der Waals surface area contributed by atoms with Gasteiger partial charge in [-0.15, -0.1) is 11.3 Å². The van der Waals surface area contributed by atoms with Crippen LogP contribution in [0.15, 0.2) is 23.7 Å². The predicted molar refractivity (Wildman–Crippen MR) is 81.7 cm³/mol. The van der Waals surface area contributed by atoms with Crippen LogP contribution in [0.3, 0.4) is 0 Å². The second kappa shape index (κ2) is 4.92. The third-order valence-electron chi connectivity index (χ3n) is 3.49. The minimum atomic E-state index is 0.400. The van der Waals surface area contributed by atoms with E-state index in [4.69, 9.17) is 10.5 Å². The van der Waals surface area contributed by atoms with Gasteiger partial charge in [-0.05, 0) is 43.5 Å². The standard InChI is InChI=1S/C15H17N3OS/c1-9-6-10(2)11(3)13(7-9)19-14-12(8-16)18-4-5-20-15(18)17-14/h4-7H,8,16H2,1-3H3. The number of rotatable bonds is 3. The minimum Gasteiger partial charge on any atom is -0.437 e. The Bertz CT molecular complexity index is 773. The molecule has 0 atom stereocenters. The zero-order valence-electron chi connectivity index (χ0n) is 11.8. The SMILES string of the molecule is Cc1cc(C)c(C)c(Oc2nc3sccn3c2CN)c1. The molecule has 104 valence electrons. The molecule has 0 saturated heterocycles. The van der Waals surface area contributed by atoms with Gasteiger partial charge in [0.1, 0.15) is 11.4 Å². The van der Waals surface area contributed by atoms with Gasteiger partial charge in [-0.2, -0.15) is 4.98 Å². The van der Waals surface area contributed by atoms with E-state index in [9.17, 15) is 0 Å². The Morgan fingerprint density at radius 3 is 2.85 bits per heavy atom. The Balaban J connectivity index is 2.07. The van der Waals surface area contributed by atoms with Gasteiger partial charge in [-0.1, -0.05) is 6.07 Å². The first-order valence-electron chi connectivity index (χ1n) is 6.50. The lowest BCUT2D eigenvalue weighted by Crippen LogP contribution is -2.02. The average molecular weight is 287 g/mol. The van der Waals surface area contributed by atoms with Crippen LogP contribution in [-0.2, 0) is 6.54 Å². The number of thiazole rings is 1.